The molecule has 0 spiro atoms. The molecule has 0 aliphatic carbocycles. The molecule has 16 heavy (non-hydrogen) atoms. The van der Waals surface area contributed by atoms with Crippen molar-refractivity contribution >= 4 is 14.5 Å². The van der Waals surface area contributed by atoms with Gasteiger partial charge in [-0.05, 0) is 0 Å². The van der Waals surface area contributed by atoms with Crippen LogP contribution in [0.15, 0.2) is 36.4 Å². The second-order valence-electron chi connectivity index (χ2n) is 3.46. The first-order chi connectivity index (χ1) is 7.79. The summed E-state index contributed by atoms with van der Waals surface area (Å²) >= 11 is 0.563. The van der Waals surface area contributed by atoms with Crippen molar-refractivity contribution in [2.75, 3.05) is 0 Å². The Hall–Kier alpha value is -0.781. The third-order valence-electron chi connectivity index (χ3n) is 2.39. The molecule has 0 saturated carbocycles. The fraction of sp³-hybridized carbons (Fsp3) is 0.333. The van der Waals surface area contributed by atoms with E-state index in [1.165, 1.54) is 20.0 Å². The summed E-state index contributed by atoms with van der Waals surface area (Å²) in [4.78, 5) is 0. The standard InChI is InChI=1S/C13H14Se.C2H6/c1-3-11-5-7-12(8-6-11)13-9-4-10(2)14-13;1-2/h4-9H,3H2,1-2H3;1-2H3. The molecule has 0 N–H and O–H groups in total. The molecule has 0 fully saturated rings. The average Bonchev–Trinajstić information content (AvgIpc) is 2.79. The summed E-state index contributed by atoms with van der Waals surface area (Å²) < 4.78 is 3.03. The second-order valence-corrected chi connectivity index (χ2v) is 6.16. The summed E-state index contributed by atoms with van der Waals surface area (Å²) in [6.07, 6.45) is 1.13. The van der Waals surface area contributed by atoms with Gasteiger partial charge in [-0.2, -0.15) is 0 Å². The Balaban J connectivity index is 0.000000606. The van der Waals surface area contributed by atoms with Gasteiger partial charge in [-0.3, -0.25) is 0 Å². The van der Waals surface area contributed by atoms with Crippen molar-refractivity contribution < 1.29 is 0 Å². The molecule has 0 saturated heterocycles. The van der Waals surface area contributed by atoms with Gasteiger partial charge in [-0.15, -0.1) is 0 Å². The SMILES string of the molecule is CC.CCc1ccc(-c2ccc(C)[se]2)cc1. The van der Waals surface area contributed by atoms with Gasteiger partial charge in [0.05, 0.1) is 0 Å². The van der Waals surface area contributed by atoms with Crippen LogP contribution in [-0.2, 0) is 6.42 Å². The van der Waals surface area contributed by atoms with E-state index in [9.17, 15) is 0 Å². The van der Waals surface area contributed by atoms with E-state index in [-0.39, 0.29) is 0 Å². The van der Waals surface area contributed by atoms with Gasteiger partial charge in [0.15, 0.2) is 0 Å². The number of benzene rings is 1. The Kier molecular flexibility index (Phi) is 5.59. The topological polar surface area (TPSA) is 0 Å². The molecule has 0 radical (unpaired) electrons. The summed E-state index contributed by atoms with van der Waals surface area (Å²) in [6, 6.07) is 13.5. The predicted octanol–water partition coefficient (Wildman–Crippen LogP) is 4.31. The van der Waals surface area contributed by atoms with E-state index >= 15 is 0 Å². The van der Waals surface area contributed by atoms with E-state index in [1.54, 1.807) is 0 Å². The minimum atomic E-state index is 0.563. The molecule has 0 unspecified atom stereocenters. The van der Waals surface area contributed by atoms with Gasteiger partial charge < -0.3 is 0 Å². The van der Waals surface area contributed by atoms with Gasteiger partial charge in [0.25, 0.3) is 0 Å². The monoisotopic (exact) mass is 280 g/mol. The normalized spacial score (nSPS) is 9.50. The molecular formula is C15H20Se. The van der Waals surface area contributed by atoms with Gasteiger partial charge in [0.2, 0.25) is 0 Å². The Morgan fingerprint density at radius 2 is 1.56 bits per heavy atom. The molecule has 0 nitrogen and oxygen atoms in total. The van der Waals surface area contributed by atoms with Crippen LogP contribution in [0.5, 0.6) is 0 Å². The number of hydrogen-bond acceptors (Lipinski definition) is 0. The third kappa shape index (κ3) is 3.37. The summed E-state index contributed by atoms with van der Waals surface area (Å²) in [5.74, 6) is 0. The molecule has 1 heteroatoms. The minimum absolute atomic E-state index is 0.563. The first-order valence-electron chi connectivity index (χ1n) is 5.95. The quantitative estimate of drug-likeness (QED) is 0.719. The molecule has 0 atom stereocenters. The van der Waals surface area contributed by atoms with Gasteiger partial charge in [-0.1, -0.05) is 13.8 Å². The molecule has 86 valence electrons. The predicted molar refractivity (Wildman–Crippen MR) is 74.3 cm³/mol. The van der Waals surface area contributed by atoms with Crippen LogP contribution >= 0.6 is 0 Å². The number of rotatable bonds is 2. The van der Waals surface area contributed by atoms with Gasteiger partial charge in [0.1, 0.15) is 0 Å². The van der Waals surface area contributed by atoms with Crippen LogP contribution in [0.3, 0.4) is 0 Å². The van der Waals surface area contributed by atoms with Crippen LogP contribution in [0.4, 0.5) is 0 Å². The zero-order valence-corrected chi connectivity index (χ0v) is 12.3. The molecular weight excluding hydrogens is 259 g/mol. The molecule has 0 aliphatic heterocycles. The van der Waals surface area contributed by atoms with E-state index in [4.69, 9.17) is 0 Å². The first kappa shape index (κ1) is 13.3. The van der Waals surface area contributed by atoms with Crippen LogP contribution < -0.4 is 0 Å². The Bertz CT molecular complexity index is 409. The zero-order chi connectivity index (χ0) is 12.0. The van der Waals surface area contributed by atoms with Crippen LogP contribution in [0, 0.1) is 6.92 Å². The summed E-state index contributed by atoms with van der Waals surface area (Å²) in [5.41, 5.74) is 2.82. The van der Waals surface area contributed by atoms with Crippen molar-refractivity contribution in [3.63, 3.8) is 0 Å². The van der Waals surface area contributed by atoms with Crippen molar-refractivity contribution in [1.29, 1.82) is 0 Å². The molecule has 0 amide bonds. The van der Waals surface area contributed by atoms with Gasteiger partial charge >= 0.3 is 91.2 Å². The van der Waals surface area contributed by atoms with Crippen LogP contribution in [-0.4, -0.2) is 14.5 Å². The van der Waals surface area contributed by atoms with E-state index in [1.807, 2.05) is 13.8 Å². The fourth-order valence-electron chi connectivity index (χ4n) is 1.49. The third-order valence-corrected chi connectivity index (χ3v) is 4.59. The molecule has 1 aromatic carbocycles. The maximum atomic E-state index is 2.26. The van der Waals surface area contributed by atoms with Crippen molar-refractivity contribution in [3.8, 4) is 10.0 Å². The molecule has 2 rings (SSSR count). The zero-order valence-electron chi connectivity index (χ0n) is 10.6. The number of hydrogen-bond donors (Lipinski definition) is 0. The van der Waals surface area contributed by atoms with Crippen molar-refractivity contribution in [2.45, 2.75) is 34.1 Å². The van der Waals surface area contributed by atoms with Crippen LogP contribution in [0.2, 0.25) is 0 Å². The Labute approximate surface area is 105 Å². The second kappa shape index (κ2) is 6.73. The van der Waals surface area contributed by atoms with Crippen molar-refractivity contribution in [3.05, 3.63) is 46.4 Å². The van der Waals surface area contributed by atoms with Crippen molar-refractivity contribution in [1.82, 2.24) is 0 Å². The number of aryl methyl sites for hydroxylation is 2. The van der Waals surface area contributed by atoms with E-state index in [0.717, 1.165) is 6.42 Å². The Morgan fingerprint density at radius 3 is 2.00 bits per heavy atom. The summed E-state index contributed by atoms with van der Waals surface area (Å²) in [5, 5.41) is 0. The first-order valence-corrected chi connectivity index (χ1v) is 7.66. The van der Waals surface area contributed by atoms with Gasteiger partial charge in [0, 0.05) is 0 Å². The average molecular weight is 279 g/mol. The summed E-state index contributed by atoms with van der Waals surface area (Å²) in [6.45, 7) is 8.41. The summed E-state index contributed by atoms with van der Waals surface area (Å²) in [7, 11) is 0. The fourth-order valence-corrected chi connectivity index (χ4v) is 3.33. The molecule has 1 aromatic heterocycles. The molecule has 0 bridgehead atoms. The molecule has 0 aliphatic rings. The van der Waals surface area contributed by atoms with E-state index in [0.29, 0.717) is 14.5 Å². The van der Waals surface area contributed by atoms with Crippen molar-refractivity contribution in [2.24, 2.45) is 0 Å². The molecule has 1 heterocycles. The van der Waals surface area contributed by atoms with E-state index in [2.05, 4.69) is 50.2 Å². The van der Waals surface area contributed by atoms with Gasteiger partial charge in [-0.25, -0.2) is 0 Å². The maximum absolute atomic E-state index is 2.26. The van der Waals surface area contributed by atoms with Crippen LogP contribution in [0.1, 0.15) is 30.8 Å². The molecule has 2 aromatic rings. The van der Waals surface area contributed by atoms with Crippen LogP contribution in [0.25, 0.3) is 10.0 Å². The Morgan fingerprint density at radius 1 is 0.938 bits per heavy atom. The van der Waals surface area contributed by atoms with E-state index < -0.39 is 0 Å².